The molecule has 0 bridgehead atoms. The fourth-order valence-corrected chi connectivity index (χ4v) is 5.68. The Morgan fingerprint density at radius 3 is 2.62 bits per heavy atom. The van der Waals surface area contributed by atoms with Crippen LogP contribution in [0.15, 0.2) is 48.9 Å². The van der Waals surface area contributed by atoms with Crippen molar-refractivity contribution < 1.29 is 14.0 Å². The van der Waals surface area contributed by atoms with Crippen molar-refractivity contribution in [2.24, 2.45) is 5.73 Å². The number of primary amides is 1. The van der Waals surface area contributed by atoms with Crippen molar-refractivity contribution in [3.63, 3.8) is 0 Å². The van der Waals surface area contributed by atoms with Gasteiger partial charge in [-0.25, -0.2) is 4.98 Å². The van der Waals surface area contributed by atoms with Gasteiger partial charge in [0.2, 0.25) is 0 Å². The number of carbonyl (C=O) groups excluding carboxylic acids is 1. The van der Waals surface area contributed by atoms with Gasteiger partial charge in [-0.1, -0.05) is 32.9 Å². The lowest BCUT2D eigenvalue weighted by molar-refractivity contribution is 0.0995. The summed E-state index contributed by atoms with van der Waals surface area (Å²) < 4.78 is 14.7. The number of aromatic nitrogens is 2. The van der Waals surface area contributed by atoms with Gasteiger partial charge in [-0.3, -0.25) is 4.79 Å². The Hall–Kier alpha value is -2.42. The Morgan fingerprint density at radius 2 is 2.00 bits per heavy atom. The van der Waals surface area contributed by atoms with Gasteiger partial charge in [0.15, 0.2) is 8.32 Å². The molecule has 2 aromatic heterocycles. The molecule has 0 spiro atoms. The summed E-state index contributed by atoms with van der Waals surface area (Å²) in [6.07, 6.45) is 5.05. The third-order valence-corrected chi connectivity index (χ3v) is 12.0. The van der Waals surface area contributed by atoms with Gasteiger partial charge in [-0.05, 0) is 67.7 Å². The molecule has 1 amide bonds. The summed E-state index contributed by atoms with van der Waals surface area (Å²) in [6.45, 7) is 14.6. The lowest BCUT2D eigenvalue weighted by Gasteiger charge is -2.39. The molecule has 0 radical (unpaired) electrons. The molecular weight excluding hydrogens is 462 g/mol. The van der Waals surface area contributed by atoms with E-state index in [-0.39, 0.29) is 16.8 Å². The highest BCUT2D eigenvalue weighted by molar-refractivity contribution is 7.15. The molecule has 0 saturated carbocycles. The fraction of sp³-hybridized carbons (Fsp3) is 0.462. The van der Waals surface area contributed by atoms with E-state index in [1.807, 2.05) is 16.7 Å². The zero-order chi connectivity index (χ0) is 24.9. The maximum atomic E-state index is 11.4. The number of aryl methyl sites for hydroxylation is 1. The molecule has 8 heteroatoms. The molecule has 1 unspecified atom stereocenters. The Morgan fingerprint density at radius 1 is 1.24 bits per heavy atom. The molecule has 3 rings (SSSR count). The fourth-order valence-electron chi connectivity index (χ4n) is 3.43. The zero-order valence-corrected chi connectivity index (χ0v) is 22.9. The molecule has 1 atom stereocenters. The summed E-state index contributed by atoms with van der Waals surface area (Å²) in [5, 5.41) is 0.107. The van der Waals surface area contributed by atoms with Gasteiger partial charge in [0.25, 0.3) is 5.91 Å². The van der Waals surface area contributed by atoms with E-state index < -0.39 is 14.2 Å². The number of rotatable bonds is 11. The van der Waals surface area contributed by atoms with Crippen LogP contribution in [0.25, 0.3) is 10.4 Å². The topological polar surface area (TPSA) is 79.4 Å². The minimum absolute atomic E-state index is 0.000142. The Balaban J connectivity index is 1.61. The van der Waals surface area contributed by atoms with E-state index >= 15 is 0 Å². The molecule has 0 aliphatic rings. The van der Waals surface area contributed by atoms with Gasteiger partial charge in [0, 0.05) is 22.5 Å². The van der Waals surface area contributed by atoms with Crippen LogP contribution in [0.1, 0.15) is 49.0 Å². The van der Waals surface area contributed by atoms with Crippen LogP contribution in [-0.2, 0) is 11.0 Å². The van der Waals surface area contributed by atoms with E-state index in [1.54, 1.807) is 23.9 Å². The molecule has 0 saturated heterocycles. The van der Waals surface area contributed by atoms with Crippen LogP contribution in [0, 0.1) is 6.92 Å². The number of carbonyl (C=O) groups is 1. The first-order valence-corrected chi connectivity index (χ1v) is 15.5. The number of nitrogens with two attached hydrogens (primary N) is 1. The smallest absolute Gasteiger partial charge is 0.268 e. The first-order valence-electron chi connectivity index (χ1n) is 11.7. The number of benzene rings is 1. The predicted octanol–water partition coefficient (Wildman–Crippen LogP) is 6.27. The third-order valence-electron chi connectivity index (χ3n) is 6.37. The van der Waals surface area contributed by atoms with E-state index in [4.69, 9.17) is 14.9 Å². The molecule has 3 aromatic rings. The first-order chi connectivity index (χ1) is 15.9. The maximum absolute atomic E-state index is 11.4. The molecule has 1 aromatic carbocycles. The highest BCUT2D eigenvalue weighted by atomic mass is 32.1. The second kappa shape index (κ2) is 10.9. The zero-order valence-electron chi connectivity index (χ0n) is 21.1. The molecular formula is C26H37N3O3SSi. The number of thiophene rings is 1. The summed E-state index contributed by atoms with van der Waals surface area (Å²) in [5.74, 6) is 0.361. The minimum Gasteiger partial charge on any atom is -0.494 e. The molecule has 0 aliphatic carbocycles. The average Bonchev–Trinajstić information content (AvgIpc) is 3.39. The van der Waals surface area contributed by atoms with Crippen molar-refractivity contribution in [3.05, 3.63) is 59.5 Å². The molecule has 6 nitrogen and oxygen atoms in total. The highest BCUT2D eigenvalue weighted by Crippen LogP contribution is 2.38. The Kier molecular flexibility index (Phi) is 8.38. The predicted molar refractivity (Wildman–Crippen MR) is 142 cm³/mol. The number of nitrogens with zero attached hydrogens (tertiary/aromatic N) is 2. The van der Waals surface area contributed by atoms with Crippen LogP contribution >= 0.6 is 11.3 Å². The van der Waals surface area contributed by atoms with Crippen molar-refractivity contribution in [1.29, 1.82) is 0 Å². The molecule has 2 heterocycles. The summed E-state index contributed by atoms with van der Waals surface area (Å²) in [5.41, 5.74) is 6.82. The Bertz CT molecular complexity index is 1100. The largest absolute Gasteiger partial charge is 0.494 e. The third kappa shape index (κ3) is 7.04. The van der Waals surface area contributed by atoms with Gasteiger partial charge in [-0.2, -0.15) is 0 Å². The Labute approximate surface area is 208 Å². The van der Waals surface area contributed by atoms with Crippen LogP contribution in [0.3, 0.4) is 0 Å². The molecule has 0 aliphatic heterocycles. The summed E-state index contributed by atoms with van der Waals surface area (Å²) in [4.78, 5) is 18.1. The summed E-state index contributed by atoms with van der Waals surface area (Å²) in [7, 11) is -1.97. The van der Waals surface area contributed by atoms with Crippen molar-refractivity contribution in [2.45, 2.75) is 71.3 Å². The van der Waals surface area contributed by atoms with Crippen molar-refractivity contribution >= 4 is 25.6 Å². The van der Waals surface area contributed by atoms with Crippen molar-refractivity contribution in [2.75, 3.05) is 6.61 Å². The highest BCUT2D eigenvalue weighted by Gasteiger charge is 2.39. The number of imidazole rings is 1. The van der Waals surface area contributed by atoms with Crippen LogP contribution in [0.2, 0.25) is 18.1 Å². The monoisotopic (exact) mass is 499 g/mol. The maximum Gasteiger partial charge on any atom is 0.268 e. The second-order valence-corrected chi connectivity index (χ2v) is 16.3. The quantitative estimate of drug-likeness (QED) is 0.249. The lowest BCUT2D eigenvalue weighted by Crippen LogP contribution is -2.45. The minimum atomic E-state index is -1.97. The van der Waals surface area contributed by atoms with Gasteiger partial charge in [0.1, 0.15) is 11.4 Å². The van der Waals surface area contributed by atoms with Crippen LogP contribution < -0.4 is 10.5 Å². The van der Waals surface area contributed by atoms with Crippen molar-refractivity contribution in [3.8, 4) is 16.2 Å². The number of amides is 1. The van der Waals surface area contributed by atoms with Crippen molar-refractivity contribution in [1.82, 2.24) is 9.55 Å². The molecule has 184 valence electrons. The van der Waals surface area contributed by atoms with Crippen LogP contribution in [0.4, 0.5) is 0 Å². The molecule has 0 fully saturated rings. The van der Waals surface area contributed by atoms with Gasteiger partial charge in [-0.15, -0.1) is 11.3 Å². The lowest BCUT2D eigenvalue weighted by atomic mass is 10.2. The van der Waals surface area contributed by atoms with E-state index in [0.29, 0.717) is 13.2 Å². The SMILES string of the molecule is Cc1ccc(-c2cccc(OCCCC(Cn3cnc(C(N)=O)c3)O[Si](C)(C)C(C)(C)C)c2)s1. The van der Waals surface area contributed by atoms with E-state index in [9.17, 15) is 4.79 Å². The number of ether oxygens (including phenoxy) is 1. The second-order valence-electron chi connectivity index (χ2n) is 10.2. The van der Waals surface area contributed by atoms with Gasteiger partial charge >= 0.3 is 0 Å². The van der Waals surface area contributed by atoms with Gasteiger partial charge in [0.05, 0.1) is 19.0 Å². The number of hydrogen-bond acceptors (Lipinski definition) is 5. The average molecular weight is 500 g/mol. The van der Waals surface area contributed by atoms with E-state index in [1.165, 1.54) is 15.3 Å². The standard InChI is InChI=1S/C26H37N3O3SSi/c1-19-12-13-24(33-19)20-9-7-10-21(15-20)31-14-8-11-22(32-34(5,6)26(2,3)4)16-29-17-23(25(27)30)28-18-29/h7,9-10,12-13,15,17-18,22H,8,11,14,16H2,1-6H3,(H2,27,30). The summed E-state index contributed by atoms with van der Waals surface area (Å²) in [6, 6.07) is 12.6. The normalized spacial score (nSPS) is 13.1. The molecule has 34 heavy (non-hydrogen) atoms. The van der Waals surface area contributed by atoms with Crippen LogP contribution in [0.5, 0.6) is 5.75 Å². The number of hydrogen-bond donors (Lipinski definition) is 1. The van der Waals surface area contributed by atoms with E-state index in [0.717, 1.165) is 18.6 Å². The van der Waals surface area contributed by atoms with Gasteiger partial charge < -0.3 is 19.5 Å². The van der Waals surface area contributed by atoms with E-state index in [2.05, 4.69) is 70.0 Å². The first kappa shape index (κ1) is 26.2. The molecule has 2 N–H and O–H groups in total. The van der Waals surface area contributed by atoms with Crippen LogP contribution in [-0.4, -0.2) is 36.5 Å². The summed E-state index contributed by atoms with van der Waals surface area (Å²) >= 11 is 1.79.